The van der Waals surface area contributed by atoms with Crippen LogP contribution in [0.15, 0.2) is 36.4 Å². The van der Waals surface area contributed by atoms with E-state index in [-0.39, 0.29) is 18.5 Å². The Morgan fingerprint density at radius 3 is 2.85 bits per heavy atom. The summed E-state index contributed by atoms with van der Waals surface area (Å²) in [5.41, 5.74) is 4.99. The van der Waals surface area contributed by atoms with Crippen LogP contribution in [0, 0.1) is 0 Å². The van der Waals surface area contributed by atoms with Gasteiger partial charge in [-0.3, -0.25) is 4.79 Å². The molecule has 26 heavy (non-hydrogen) atoms. The van der Waals surface area contributed by atoms with Crippen LogP contribution in [-0.4, -0.2) is 25.1 Å². The molecule has 0 spiro atoms. The van der Waals surface area contributed by atoms with Crippen LogP contribution >= 0.6 is 0 Å². The normalized spacial score (nSPS) is 15.0. The van der Waals surface area contributed by atoms with Crippen molar-refractivity contribution >= 4 is 17.6 Å². The van der Waals surface area contributed by atoms with Gasteiger partial charge in [0.25, 0.3) is 0 Å². The van der Waals surface area contributed by atoms with Gasteiger partial charge in [-0.2, -0.15) is 0 Å². The van der Waals surface area contributed by atoms with E-state index in [4.69, 9.17) is 9.47 Å². The first-order valence-corrected chi connectivity index (χ1v) is 9.04. The summed E-state index contributed by atoms with van der Waals surface area (Å²) >= 11 is 0. The average Bonchev–Trinajstić information content (AvgIpc) is 3.14. The summed E-state index contributed by atoms with van der Waals surface area (Å²) in [6.45, 7) is 0.502. The number of rotatable bonds is 5. The summed E-state index contributed by atoms with van der Waals surface area (Å²) < 4.78 is 11.1. The molecule has 1 N–H and O–H groups in total. The highest BCUT2D eigenvalue weighted by atomic mass is 16.6. The highest BCUT2D eigenvalue weighted by Gasteiger charge is 2.19. The minimum atomic E-state index is -0.277. The molecule has 5 nitrogen and oxygen atoms in total. The molecule has 1 aliphatic heterocycles. The number of amides is 1. The number of carbonyl (C=O) groups excluding carboxylic acids is 2. The maximum atomic E-state index is 12.3. The van der Waals surface area contributed by atoms with Crippen LogP contribution in [0.4, 0.5) is 5.69 Å². The Kier molecular flexibility index (Phi) is 4.61. The largest absolute Gasteiger partial charge is 0.490 e. The van der Waals surface area contributed by atoms with E-state index in [2.05, 4.69) is 11.4 Å². The molecule has 2 aliphatic rings. The second-order valence-electron chi connectivity index (χ2n) is 6.65. The van der Waals surface area contributed by atoms with E-state index in [0.29, 0.717) is 25.0 Å². The van der Waals surface area contributed by atoms with Crippen LogP contribution in [0.3, 0.4) is 0 Å². The summed E-state index contributed by atoms with van der Waals surface area (Å²) in [7, 11) is 0. The molecule has 0 atom stereocenters. The number of aryl methyl sites for hydroxylation is 2. The Hall–Kier alpha value is -2.82. The first-order chi connectivity index (χ1) is 12.7. The van der Waals surface area contributed by atoms with Crippen molar-refractivity contribution in [1.29, 1.82) is 0 Å². The van der Waals surface area contributed by atoms with Crippen molar-refractivity contribution in [2.24, 2.45) is 0 Å². The van der Waals surface area contributed by atoms with E-state index in [1.165, 1.54) is 5.56 Å². The number of ether oxygens (including phenoxy) is 2. The lowest BCUT2D eigenvalue weighted by molar-refractivity contribution is -0.116. The topological polar surface area (TPSA) is 64.6 Å². The molecule has 1 aliphatic carbocycles. The molecule has 2 aromatic carbocycles. The standard InChI is InChI=1S/C21H21NO4/c23-20-10-7-15-13-16(8-9-19(15)22-20)25-11-12-26-21(24)18-6-2-4-14-3-1-5-17(14)18/h2,4,6,8-9,13H,1,3,5,7,10-12H2,(H,22,23). The van der Waals surface area contributed by atoms with Gasteiger partial charge in [0.2, 0.25) is 5.91 Å². The van der Waals surface area contributed by atoms with E-state index in [1.54, 1.807) is 0 Å². The molecular formula is C21H21NO4. The number of fused-ring (bicyclic) bond motifs is 2. The molecular weight excluding hydrogens is 330 g/mol. The zero-order valence-electron chi connectivity index (χ0n) is 14.5. The van der Waals surface area contributed by atoms with Crippen molar-refractivity contribution < 1.29 is 19.1 Å². The molecule has 1 heterocycles. The van der Waals surface area contributed by atoms with E-state index in [0.717, 1.165) is 41.8 Å². The average molecular weight is 351 g/mol. The molecule has 4 rings (SSSR count). The molecule has 0 radical (unpaired) electrons. The minimum Gasteiger partial charge on any atom is -0.490 e. The highest BCUT2D eigenvalue weighted by molar-refractivity contribution is 5.94. The summed E-state index contributed by atoms with van der Waals surface area (Å²) in [4.78, 5) is 23.7. The van der Waals surface area contributed by atoms with Gasteiger partial charge in [0.15, 0.2) is 0 Å². The van der Waals surface area contributed by atoms with Crippen molar-refractivity contribution in [2.75, 3.05) is 18.5 Å². The zero-order valence-corrected chi connectivity index (χ0v) is 14.5. The van der Waals surface area contributed by atoms with Crippen molar-refractivity contribution in [3.8, 4) is 5.75 Å². The Bertz CT molecular complexity index is 859. The zero-order chi connectivity index (χ0) is 17.9. The van der Waals surface area contributed by atoms with Crippen LogP contribution in [0.5, 0.6) is 5.75 Å². The summed E-state index contributed by atoms with van der Waals surface area (Å²) in [6, 6.07) is 11.4. The lowest BCUT2D eigenvalue weighted by atomic mass is 10.0. The number of anilines is 1. The summed E-state index contributed by atoms with van der Waals surface area (Å²) in [6.07, 6.45) is 4.30. The Morgan fingerprint density at radius 2 is 1.92 bits per heavy atom. The maximum Gasteiger partial charge on any atom is 0.338 e. The molecule has 0 saturated carbocycles. The Labute approximate surface area is 152 Å². The highest BCUT2D eigenvalue weighted by Crippen LogP contribution is 2.27. The first-order valence-electron chi connectivity index (χ1n) is 9.04. The lowest BCUT2D eigenvalue weighted by Gasteiger charge is -2.17. The molecule has 1 amide bonds. The molecule has 0 fully saturated rings. The molecule has 0 bridgehead atoms. The molecule has 5 heteroatoms. The predicted molar refractivity (Wildman–Crippen MR) is 97.6 cm³/mol. The fourth-order valence-corrected chi connectivity index (χ4v) is 3.63. The third-order valence-corrected chi connectivity index (χ3v) is 4.92. The van der Waals surface area contributed by atoms with Crippen molar-refractivity contribution in [3.05, 3.63) is 58.7 Å². The number of carbonyl (C=O) groups is 2. The van der Waals surface area contributed by atoms with Gasteiger partial charge in [-0.05, 0) is 66.6 Å². The van der Waals surface area contributed by atoms with Gasteiger partial charge in [-0.1, -0.05) is 12.1 Å². The van der Waals surface area contributed by atoms with Crippen LogP contribution in [0.2, 0.25) is 0 Å². The Balaban J connectivity index is 1.30. The molecule has 2 aromatic rings. The fourth-order valence-electron chi connectivity index (χ4n) is 3.63. The second-order valence-corrected chi connectivity index (χ2v) is 6.65. The van der Waals surface area contributed by atoms with Gasteiger partial charge < -0.3 is 14.8 Å². The van der Waals surface area contributed by atoms with E-state index >= 15 is 0 Å². The van der Waals surface area contributed by atoms with Gasteiger partial charge in [0, 0.05) is 12.1 Å². The van der Waals surface area contributed by atoms with E-state index in [9.17, 15) is 9.59 Å². The summed E-state index contributed by atoms with van der Waals surface area (Å²) in [5.74, 6) is 0.488. The first kappa shape index (κ1) is 16.6. The van der Waals surface area contributed by atoms with Gasteiger partial charge in [0.05, 0.1) is 5.56 Å². The van der Waals surface area contributed by atoms with Crippen molar-refractivity contribution in [1.82, 2.24) is 0 Å². The molecule has 0 unspecified atom stereocenters. The Morgan fingerprint density at radius 1 is 1.00 bits per heavy atom. The SMILES string of the molecule is O=C1CCc2cc(OCCOC(=O)c3cccc4c3CCC4)ccc2N1. The molecule has 134 valence electrons. The van der Waals surface area contributed by atoms with Crippen LogP contribution in [0.25, 0.3) is 0 Å². The third-order valence-electron chi connectivity index (χ3n) is 4.92. The number of hydrogen-bond acceptors (Lipinski definition) is 4. The summed E-state index contributed by atoms with van der Waals surface area (Å²) in [5, 5.41) is 2.84. The molecule has 0 aromatic heterocycles. The lowest BCUT2D eigenvalue weighted by Crippen LogP contribution is -2.19. The maximum absolute atomic E-state index is 12.3. The number of benzene rings is 2. The molecule has 0 saturated heterocycles. The van der Waals surface area contributed by atoms with Crippen molar-refractivity contribution in [3.63, 3.8) is 0 Å². The van der Waals surface area contributed by atoms with Crippen molar-refractivity contribution in [2.45, 2.75) is 32.1 Å². The number of hydrogen-bond donors (Lipinski definition) is 1. The van der Waals surface area contributed by atoms with Crippen LogP contribution < -0.4 is 10.1 Å². The van der Waals surface area contributed by atoms with Gasteiger partial charge in [-0.15, -0.1) is 0 Å². The van der Waals surface area contributed by atoms with Gasteiger partial charge in [0.1, 0.15) is 19.0 Å². The van der Waals surface area contributed by atoms with Crippen LogP contribution in [-0.2, 0) is 28.8 Å². The predicted octanol–water partition coefficient (Wildman–Crippen LogP) is 3.30. The minimum absolute atomic E-state index is 0.0467. The monoisotopic (exact) mass is 351 g/mol. The fraction of sp³-hybridized carbons (Fsp3) is 0.333. The number of esters is 1. The quantitative estimate of drug-likeness (QED) is 0.663. The second kappa shape index (κ2) is 7.20. The number of nitrogens with one attached hydrogen (secondary N) is 1. The third kappa shape index (κ3) is 3.43. The van der Waals surface area contributed by atoms with Gasteiger partial charge in [-0.25, -0.2) is 4.79 Å². The van der Waals surface area contributed by atoms with E-state index in [1.807, 2.05) is 30.3 Å². The smallest absolute Gasteiger partial charge is 0.338 e. The van der Waals surface area contributed by atoms with E-state index < -0.39 is 0 Å². The van der Waals surface area contributed by atoms with Crippen LogP contribution in [0.1, 0.15) is 39.9 Å². The van der Waals surface area contributed by atoms with Gasteiger partial charge >= 0.3 is 5.97 Å².